The van der Waals surface area contributed by atoms with Crippen LogP contribution in [0.5, 0.6) is 0 Å². The molecule has 13 nitrogen and oxygen atoms in total. The highest BCUT2D eigenvalue weighted by atomic mass is 19.3. The van der Waals surface area contributed by atoms with Crippen LogP contribution in [-0.4, -0.2) is 107 Å². The number of carbonyl (C=O) groups excluding carboxylic acids is 3. The number of aryl methyl sites for hydroxylation is 1. The van der Waals surface area contributed by atoms with Crippen molar-refractivity contribution in [3.63, 3.8) is 0 Å². The first kappa shape index (κ1) is 34.5. The highest BCUT2D eigenvalue weighted by molar-refractivity contribution is 6.11. The van der Waals surface area contributed by atoms with Crippen molar-refractivity contribution >= 4 is 41.0 Å². The number of aliphatic hydroxyl groups excluding tert-OH is 1. The van der Waals surface area contributed by atoms with Gasteiger partial charge in [-0.15, -0.1) is 0 Å². The molecule has 6 rings (SSSR count). The van der Waals surface area contributed by atoms with Crippen LogP contribution in [0.1, 0.15) is 73.0 Å². The lowest BCUT2D eigenvalue weighted by Crippen LogP contribution is -2.40. The molecule has 0 saturated carbocycles. The van der Waals surface area contributed by atoms with Crippen LogP contribution in [0.3, 0.4) is 0 Å². The molecule has 2 aromatic rings. The molecule has 4 aliphatic heterocycles. The molecule has 1 atom stereocenters. The molecule has 0 radical (unpaired) electrons. The van der Waals surface area contributed by atoms with Crippen molar-refractivity contribution in [2.24, 2.45) is 10.7 Å². The van der Waals surface area contributed by atoms with E-state index in [1.54, 1.807) is 17.9 Å². The zero-order valence-electron chi connectivity index (χ0n) is 27.7. The number of fused-ring (bicyclic) bond motifs is 2. The van der Waals surface area contributed by atoms with Crippen LogP contribution in [0.2, 0.25) is 0 Å². The molecule has 1 aromatic heterocycles. The van der Waals surface area contributed by atoms with E-state index in [1.165, 1.54) is 23.4 Å². The third-order valence-corrected chi connectivity index (χ3v) is 9.82. The van der Waals surface area contributed by atoms with Crippen molar-refractivity contribution < 1.29 is 33.0 Å². The number of aliphatic hydroxyl groups is 1. The van der Waals surface area contributed by atoms with E-state index in [1.807, 2.05) is 4.90 Å². The molecule has 3 amide bonds. The second-order valence-electron chi connectivity index (χ2n) is 13.0. The highest BCUT2D eigenvalue weighted by Crippen LogP contribution is 2.42. The predicted molar refractivity (Wildman–Crippen MR) is 179 cm³/mol. The molecular weight excluding hydrogens is 638 g/mol. The van der Waals surface area contributed by atoms with Crippen LogP contribution in [0.25, 0.3) is 5.57 Å². The number of likely N-dealkylation sites (tertiary alicyclic amines) is 1. The van der Waals surface area contributed by atoms with Crippen LogP contribution in [0.4, 0.5) is 20.3 Å². The van der Waals surface area contributed by atoms with Gasteiger partial charge in [-0.2, -0.15) is 5.10 Å². The average Bonchev–Trinajstić information content (AvgIpc) is 3.72. The van der Waals surface area contributed by atoms with E-state index >= 15 is 0 Å². The Morgan fingerprint density at radius 3 is 2.63 bits per heavy atom. The number of ether oxygens (including phenoxy) is 1. The third kappa shape index (κ3) is 7.47. The largest absolute Gasteiger partial charge is 0.404 e. The Kier molecular flexibility index (Phi) is 10.6. The number of hydrogen-bond donors (Lipinski definition) is 3. The van der Waals surface area contributed by atoms with Crippen LogP contribution in [0.15, 0.2) is 23.3 Å². The van der Waals surface area contributed by atoms with Crippen LogP contribution in [0, 0.1) is 0 Å². The monoisotopic (exact) mass is 682 g/mol. The predicted octanol–water partition coefficient (Wildman–Crippen LogP) is 2.24. The molecule has 49 heavy (non-hydrogen) atoms. The van der Waals surface area contributed by atoms with E-state index in [4.69, 9.17) is 15.6 Å². The number of aliphatic imine (C=N–C) groups is 1. The summed E-state index contributed by atoms with van der Waals surface area (Å²) in [6, 6.07) is 3.40. The van der Waals surface area contributed by atoms with Gasteiger partial charge in [0.25, 0.3) is 6.43 Å². The number of carbonyl (C=O) groups is 3. The van der Waals surface area contributed by atoms with Gasteiger partial charge in [-0.1, -0.05) is 0 Å². The van der Waals surface area contributed by atoms with E-state index in [9.17, 15) is 28.3 Å². The Morgan fingerprint density at radius 1 is 1.14 bits per heavy atom. The Labute approximate surface area is 283 Å². The number of amides is 3. The number of benzene rings is 1. The number of halogens is 2. The van der Waals surface area contributed by atoms with E-state index in [-0.39, 0.29) is 54.2 Å². The van der Waals surface area contributed by atoms with E-state index in [2.05, 4.69) is 15.0 Å². The Bertz CT molecular complexity index is 1640. The lowest BCUT2D eigenvalue weighted by Gasteiger charge is -2.33. The zero-order chi connectivity index (χ0) is 34.7. The summed E-state index contributed by atoms with van der Waals surface area (Å²) in [5.74, 6) is -0.130. The first-order chi connectivity index (χ1) is 23.6. The highest BCUT2D eigenvalue weighted by Gasteiger charge is 2.34. The first-order valence-corrected chi connectivity index (χ1v) is 16.9. The number of nitrogens with two attached hydrogens (primary N) is 1. The molecule has 0 bridgehead atoms. The van der Waals surface area contributed by atoms with Crippen molar-refractivity contribution in [2.45, 2.75) is 70.6 Å². The Hall–Kier alpha value is -4.37. The van der Waals surface area contributed by atoms with Crippen LogP contribution < -0.4 is 16.0 Å². The second kappa shape index (κ2) is 15.0. The van der Waals surface area contributed by atoms with Crippen molar-refractivity contribution in [3.05, 3.63) is 46.3 Å². The fourth-order valence-electron chi connectivity index (χ4n) is 7.18. The lowest BCUT2D eigenvalue weighted by molar-refractivity contribution is -0.132. The van der Waals surface area contributed by atoms with Gasteiger partial charge >= 0.3 is 0 Å². The second-order valence-corrected chi connectivity index (χ2v) is 13.0. The van der Waals surface area contributed by atoms with Gasteiger partial charge in [0.15, 0.2) is 5.82 Å². The molecule has 2 fully saturated rings. The van der Waals surface area contributed by atoms with Gasteiger partial charge in [0, 0.05) is 93.2 Å². The molecule has 4 aliphatic rings. The number of aromatic nitrogens is 2. The number of anilines is 2. The zero-order valence-corrected chi connectivity index (χ0v) is 27.7. The maximum atomic E-state index is 14.7. The van der Waals surface area contributed by atoms with Crippen LogP contribution >= 0.6 is 0 Å². The Morgan fingerprint density at radius 2 is 1.94 bits per heavy atom. The summed E-state index contributed by atoms with van der Waals surface area (Å²) in [6.45, 7) is 4.58. The number of nitrogens with one attached hydrogen (secondary N) is 1. The van der Waals surface area contributed by atoms with Crippen molar-refractivity contribution in [1.82, 2.24) is 24.9 Å². The van der Waals surface area contributed by atoms with E-state index in [0.717, 1.165) is 36.1 Å². The van der Waals surface area contributed by atoms with Gasteiger partial charge in [-0.25, -0.2) is 8.78 Å². The molecule has 1 unspecified atom stereocenters. The fraction of sp³-hybridized carbons (Fsp3) is 0.559. The number of allylic oxidation sites excluding steroid dienone is 1. The minimum atomic E-state index is -2.83. The van der Waals surface area contributed by atoms with Gasteiger partial charge in [0.2, 0.25) is 17.7 Å². The van der Waals surface area contributed by atoms with Crippen molar-refractivity contribution in [1.29, 1.82) is 0 Å². The normalized spacial score (nSPS) is 20.2. The SMILES string of the molecule is CC(=O)N1CCc2c(c(N3CCCc4cc(/C(C=NCC(=O)NCC(=O)N5CCC(O)C5)=C/N)c(C(F)F)cc43)nn2C2CCOCC2)C1. The lowest BCUT2D eigenvalue weighted by atomic mass is 9.92. The molecule has 264 valence electrons. The van der Waals surface area contributed by atoms with Gasteiger partial charge in [0.05, 0.1) is 25.2 Å². The number of nitrogens with zero attached hydrogens (tertiary/aromatic N) is 6. The Balaban J connectivity index is 1.24. The van der Waals surface area contributed by atoms with Gasteiger partial charge in [-0.3, -0.25) is 24.1 Å². The number of rotatable bonds is 9. The topological polar surface area (TPSA) is 159 Å². The molecule has 1 aromatic carbocycles. The summed E-state index contributed by atoms with van der Waals surface area (Å²) in [6.07, 6.45) is 3.37. The average molecular weight is 683 g/mol. The maximum Gasteiger partial charge on any atom is 0.264 e. The number of hydrogen-bond acceptors (Lipinski definition) is 9. The standard InChI is InChI=1S/C34H44F2N8O5/c1-21(45)41-10-5-29-28(20-41)34(40-44(29)24-6-11-49-12-7-24)43-8-2-3-22-13-26(27(33(35)36)14-30(22)43)23(15-37)16-38-17-31(47)39-18-32(48)42-9-4-25(46)19-42/h13-16,24-25,33,46H,2-12,17-20,37H2,1H3,(H,39,47)/b23-15+,38-16?. The smallest absolute Gasteiger partial charge is 0.264 e. The summed E-state index contributed by atoms with van der Waals surface area (Å²) in [7, 11) is 0. The van der Waals surface area contributed by atoms with Gasteiger partial charge < -0.3 is 35.6 Å². The first-order valence-electron chi connectivity index (χ1n) is 16.9. The molecule has 2 saturated heterocycles. The van der Waals surface area contributed by atoms with E-state index in [0.29, 0.717) is 70.2 Å². The maximum absolute atomic E-state index is 14.7. The molecule has 0 aliphatic carbocycles. The van der Waals surface area contributed by atoms with Gasteiger partial charge in [0.1, 0.15) is 6.54 Å². The summed E-state index contributed by atoms with van der Waals surface area (Å²) in [5.41, 5.74) is 9.71. The molecule has 4 N–H and O–H groups in total. The summed E-state index contributed by atoms with van der Waals surface area (Å²) < 4.78 is 37.2. The van der Waals surface area contributed by atoms with Crippen LogP contribution in [-0.2, 0) is 38.5 Å². The minimum Gasteiger partial charge on any atom is -0.404 e. The number of β-amino-alcohol motifs (C(OH)–C–C–N with tert-alkyl or cyclic N) is 1. The molecule has 0 spiro atoms. The molecular formula is C34H44F2N8O5. The minimum absolute atomic E-state index is 0.0179. The van der Waals surface area contributed by atoms with E-state index < -0.39 is 18.4 Å². The van der Waals surface area contributed by atoms with Crippen molar-refractivity contribution in [3.8, 4) is 0 Å². The summed E-state index contributed by atoms with van der Waals surface area (Å²) >= 11 is 0. The fourth-order valence-corrected chi connectivity index (χ4v) is 7.18. The third-order valence-electron chi connectivity index (χ3n) is 9.82. The molecule has 5 heterocycles. The summed E-state index contributed by atoms with van der Waals surface area (Å²) in [5, 5.41) is 17.3. The number of alkyl halides is 2. The quantitative estimate of drug-likeness (QED) is 0.340. The van der Waals surface area contributed by atoms with Gasteiger partial charge in [-0.05, 0) is 55.4 Å². The summed E-state index contributed by atoms with van der Waals surface area (Å²) in [4.78, 5) is 46.5. The van der Waals surface area contributed by atoms with Crippen molar-refractivity contribution in [2.75, 3.05) is 57.4 Å². The molecule has 15 heteroatoms.